The highest BCUT2D eigenvalue weighted by molar-refractivity contribution is 6.31. The zero-order valence-corrected chi connectivity index (χ0v) is 18.2. The maximum Gasteiger partial charge on any atom is 0.263 e. The molecule has 2 heterocycles. The number of ether oxygens (including phenoxy) is 1. The minimum absolute atomic E-state index is 0.169. The first-order valence-electron chi connectivity index (χ1n) is 10.5. The molecule has 4 nitrogen and oxygen atoms in total. The van der Waals surface area contributed by atoms with E-state index < -0.39 is 11.6 Å². The lowest BCUT2D eigenvalue weighted by molar-refractivity contribution is 0.300. The molecule has 0 atom stereocenters. The third-order valence-electron chi connectivity index (χ3n) is 5.55. The molecule has 166 valence electrons. The van der Waals surface area contributed by atoms with Gasteiger partial charge in [-0.15, -0.1) is 0 Å². The highest BCUT2D eigenvalue weighted by atomic mass is 35.5. The van der Waals surface area contributed by atoms with Gasteiger partial charge in [0.15, 0.2) is 0 Å². The van der Waals surface area contributed by atoms with E-state index >= 15 is 0 Å². The van der Waals surface area contributed by atoms with Crippen LogP contribution in [0.4, 0.5) is 8.78 Å². The van der Waals surface area contributed by atoms with Crippen LogP contribution in [0.15, 0.2) is 78.0 Å². The number of aromatic nitrogens is 2. The van der Waals surface area contributed by atoms with E-state index in [0.717, 1.165) is 18.9 Å². The van der Waals surface area contributed by atoms with Crippen LogP contribution in [0.25, 0.3) is 27.9 Å². The summed E-state index contributed by atoms with van der Waals surface area (Å²) in [5.74, 6) is -0.281. The van der Waals surface area contributed by atoms with Crippen molar-refractivity contribution in [3.63, 3.8) is 0 Å². The summed E-state index contributed by atoms with van der Waals surface area (Å²) in [5.41, 5.74) is 1.61. The monoisotopic (exact) mass is 464 g/mol. The Morgan fingerprint density at radius 3 is 2.61 bits per heavy atom. The number of halogens is 3. The predicted octanol–water partition coefficient (Wildman–Crippen LogP) is 6.29. The second kappa shape index (κ2) is 8.79. The molecule has 0 N–H and O–H groups in total. The van der Waals surface area contributed by atoms with E-state index in [1.54, 1.807) is 42.6 Å². The van der Waals surface area contributed by atoms with Crippen molar-refractivity contribution < 1.29 is 13.5 Å². The smallest absolute Gasteiger partial charge is 0.263 e. The van der Waals surface area contributed by atoms with Gasteiger partial charge >= 0.3 is 0 Å². The number of hydrogen-bond donors (Lipinski definition) is 0. The first-order chi connectivity index (χ1) is 16.0. The molecular weight excluding hydrogens is 446 g/mol. The van der Waals surface area contributed by atoms with Gasteiger partial charge in [-0.3, -0.25) is 14.3 Å². The molecular formula is C26H19ClF2N2O2. The quantitative estimate of drug-likeness (QED) is 0.337. The van der Waals surface area contributed by atoms with Crippen molar-refractivity contribution >= 4 is 11.6 Å². The lowest BCUT2D eigenvalue weighted by Gasteiger charge is -2.14. The third-order valence-corrected chi connectivity index (χ3v) is 5.77. The van der Waals surface area contributed by atoms with Crippen molar-refractivity contribution in [2.75, 3.05) is 6.61 Å². The molecule has 0 aliphatic heterocycles. The minimum atomic E-state index is -0.725. The summed E-state index contributed by atoms with van der Waals surface area (Å²) in [4.78, 5) is 17.6. The summed E-state index contributed by atoms with van der Waals surface area (Å²) in [5, 5.41) is 0.420. The van der Waals surface area contributed by atoms with Gasteiger partial charge in [0.05, 0.1) is 18.5 Å². The molecule has 7 heteroatoms. The molecule has 0 saturated heterocycles. The fourth-order valence-corrected chi connectivity index (χ4v) is 3.87. The highest BCUT2D eigenvalue weighted by Gasteiger charge is 2.22. The standard InChI is InChI=1S/C26H19ClF2N2O2/c27-19-8-17(9-22(11-19)33-15-16-3-4-16)24-10-18(23-6-5-20(28)12-25(23)29)14-31(26(24)32)21-2-1-7-30-13-21/h1-2,5-14,16H,3-4,15H2. The van der Waals surface area contributed by atoms with Gasteiger partial charge < -0.3 is 4.74 Å². The first kappa shape index (κ1) is 21.3. The van der Waals surface area contributed by atoms with Crippen molar-refractivity contribution in [2.45, 2.75) is 12.8 Å². The molecule has 2 aromatic heterocycles. The molecule has 0 radical (unpaired) electrons. The normalized spacial score (nSPS) is 13.2. The van der Waals surface area contributed by atoms with E-state index in [4.69, 9.17) is 16.3 Å². The topological polar surface area (TPSA) is 44.1 Å². The molecule has 1 fully saturated rings. The summed E-state index contributed by atoms with van der Waals surface area (Å²) in [6.45, 7) is 0.598. The van der Waals surface area contributed by atoms with Crippen LogP contribution in [0.5, 0.6) is 5.75 Å². The SMILES string of the molecule is O=c1c(-c2cc(Cl)cc(OCC3CC3)c2)cc(-c2ccc(F)cc2F)cn1-c1cccnc1. The summed E-state index contributed by atoms with van der Waals surface area (Å²) >= 11 is 6.34. The Hall–Kier alpha value is -3.51. The molecule has 2 aromatic carbocycles. The Labute approximate surface area is 194 Å². The first-order valence-corrected chi connectivity index (χ1v) is 10.9. The lowest BCUT2D eigenvalue weighted by Crippen LogP contribution is -2.20. The molecule has 0 spiro atoms. The molecule has 33 heavy (non-hydrogen) atoms. The average Bonchev–Trinajstić information content (AvgIpc) is 3.63. The van der Waals surface area contributed by atoms with Crippen LogP contribution in [0.3, 0.4) is 0 Å². The number of benzene rings is 2. The van der Waals surface area contributed by atoms with Crippen molar-refractivity contribution in [3.8, 4) is 33.7 Å². The number of nitrogens with zero attached hydrogens (tertiary/aromatic N) is 2. The van der Waals surface area contributed by atoms with E-state index in [2.05, 4.69) is 4.98 Å². The molecule has 5 rings (SSSR count). The van der Waals surface area contributed by atoms with Gasteiger partial charge in [0.25, 0.3) is 5.56 Å². The molecule has 1 aliphatic rings. The summed E-state index contributed by atoms with van der Waals surface area (Å²) in [6, 6.07) is 13.5. The zero-order chi connectivity index (χ0) is 22.9. The fraction of sp³-hybridized carbons (Fsp3) is 0.154. The maximum atomic E-state index is 14.6. The fourth-order valence-electron chi connectivity index (χ4n) is 3.65. The van der Waals surface area contributed by atoms with Crippen molar-refractivity contribution in [1.29, 1.82) is 0 Å². The van der Waals surface area contributed by atoms with Crippen LogP contribution < -0.4 is 10.3 Å². The average molecular weight is 465 g/mol. The predicted molar refractivity (Wildman–Crippen MR) is 124 cm³/mol. The Balaban J connectivity index is 1.69. The number of pyridine rings is 2. The maximum absolute atomic E-state index is 14.6. The van der Waals surface area contributed by atoms with Crippen LogP contribution in [-0.4, -0.2) is 16.2 Å². The van der Waals surface area contributed by atoms with E-state index in [-0.39, 0.29) is 11.1 Å². The van der Waals surface area contributed by atoms with E-state index in [0.29, 0.717) is 45.7 Å². The molecule has 0 amide bonds. The van der Waals surface area contributed by atoms with Crippen LogP contribution in [0.2, 0.25) is 5.02 Å². The van der Waals surface area contributed by atoms with Gasteiger partial charge in [-0.25, -0.2) is 8.78 Å². The summed E-state index contributed by atoms with van der Waals surface area (Å²) in [7, 11) is 0. The van der Waals surface area contributed by atoms with Crippen LogP contribution in [0.1, 0.15) is 12.8 Å². The third kappa shape index (κ3) is 4.66. The van der Waals surface area contributed by atoms with Crippen molar-refractivity contribution in [2.24, 2.45) is 5.92 Å². The van der Waals surface area contributed by atoms with Crippen LogP contribution in [0, 0.1) is 17.6 Å². The molecule has 0 unspecified atom stereocenters. The summed E-state index contributed by atoms with van der Waals surface area (Å²) < 4.78 is 35.4. The Kier molecular flexibility index (Phi) is 5.68. The van der Waals surface area contributed by atoms with Crippen molar-refractivity contribution in [3.05, 3.63) is 100 Å². The van der Waals surface area contributed by atoms with E-state index in [1.807, 2.05) is 0 Å². The molecule has 0 bridgehead atoms. The van der Waals surface area contributed by atoms with Gasteiger partial charge in [-0.1, -0.05) is 11.6 Å². The molecule has 1 aliphatic carbocycles. The van der Waals surface area contributed by atoms with E-state index in [1.165, 1.54) is 29.1 Å². The number of hydrogen-bond acceptors (Lipinski definition) is 3. The largest absolute Gasteiger partial charge is 0.493 e. The second-order valence-corrected chi connectivity index (χ2v) is 8.52. The van der Waals surface area contributed by atoms with Gasteiger partial charge in [0.2, 0.25) is 0 Å². The second-order valence-electron chi connectivity index (χ2n) is 8.08. The van der Waals surface area contributed by atoms with Crippen LogP contribution in [-0.2, 0) is 0 Å². The summed E-state index contributed by atoms with van der Waals surface area (Å²) in [6.07, 6.45) is 6.95. The highest BCUT2D eigenvalue weighted by Crippen LogP contribution is 2.33. The Morgan fingerprint density at radius 2 is 1.88 bits per heavy atom. The van der Waals surface area contributed by atoms with Crippen molar-refractivity contribution in [1.82, 2.24) is 9.55 Å². The van der Waals surface area contributed by atoms with Crippen LogP contribution >= 0.6 is 11.6 Å². The minimum Gasteiger partial charge on any atom is -0.493 e. The lowest BCUT2D eigenvalue weighted by atomic mass is 10.0. The zero-order valence-electron chi connectivity index (χ0n) is 17.5. The van der Waals surface area contributed by atoms with Gasteiger partial charge in [-0.05, 0) is 72.9 Å². The molecule has 1 saturated carbocycles. The van der Waals surface area contributed by atoms with Gasteiger partial charge in [-0.2, -0.15) is 0 Å². The molecule has 4 aromatic rings. The number of rotatable bonds is 6. The van der Waals surface area contributed by atoms with Gasteiger partial charge in [0.1, 0.15) is 17.4 Å². The Morgan fingerprint density at radius 1 is 1.03 bits per heavy atom. The van der Waals surface area contributed by atoms with E-state index in [9.17, 15) is 13.6 Å². The Bertz CT molecular complexity index is 1390. The van der Waals surface area contributed by atoms with Gasteiger partial charge in [0, 0.05) is 40.2 Å².